The first-order valence-corrected chi connectivity index (χ1v) is 11.5. The van der Waals surface area contributed by atoms with Crippen molar-refractivity contribution in [2.24, 2.45) is 5.41 Å². The van der Waals surface area contributed by atoms with E-state index >= 15 is 0 Å². The Morgan fingerprint density at radius 3 is 2.44 bits per heavy atom. The molecule has 0 aromatic heterocycles. The summed E-state index contributed by atoms with van der Waals surface area (Å²) in [5, 5.41) is 11.3. The molecule has 0 saturated heterocycles. The van der Waals surface area contributed by atoms with Gasteiger partial charge in [0.15, 0.2) is 0 Å². The fraction of sp³-hybridized carbons (Fsp3) is 0.345. The molecule has 1 saturated carbocycles. The average Bonchev–Trinajstić information content (AvgIpc) is 3.46. The zero-order valence-electron chi connectivity index (χ0n) is 19.0. The van der Waals surface area contributed by atoms with Crippen LogP contribution in [0.1, 0.15) is 58.6 Å². The molecule has 3 aromatic carbocycles. The Kier molecular flexibility index (Phi) is 5.08. The van der Waals surface area contributed by atoms with Gasteiger partial charge in [0.25, 0.3) is 0 Å². The maximum atomic E-state index is 11.3. The maximum absolute atomic E-state index is 11.3. The number of benzene rings is 3. The van der Waals surface area contributed by atoms with Gasteiger partial charge in [0.05, 0.1) is 0 Å². The van der Waals surface area contributed by atoms with E-state index < -0.39 is 5.97 Å². The second-order valence-corrected chi connectivity index (χ2v) is 9.67. The van der Waals surface area contributed by atoms with Crippen LogP contribution in [0.4, 0.5) is 0 Å². The molecule has 0 bridgehead atoms. The highest BCUT2D eigenvalue weighted by Crippen LogP contribution is 2.64. The van der Waals surface area contributed by atoms with Gasteiger partial charge in [-0.25, -0.2) is 0 Å². The fourth-order valence-corrected chi connectivity index (χ4v) is 5.69. The lowest BCUT2D eigenvalue weighted by molar-refractivity contribution is -0.306. The zero-order valence-corrected chi connectivity index (χ0v) is 19.0. The van der Waals surface area contributed by atoms with E-state index in [-0.39, 0.29) is 17.8 Å². The summed E-state index contributed by atoms with van der Waals surface area (Å²) in [4.78, 5) is 11.3. The molecule has 3 heteroatoms. The van der Waals surface area contributed by atoms with E-state index in [0.717, 1.165) is 25.0 Å². The molecule has 0 heterocycles. The van der Waals surface area contributed by atoms with Crippen molar-refractivity contribution >= 4 is 5.97 Å². The number of aliphatic carboxylic acids is 1. The van der Waals surface area contributed by atoms with Crippen LogP contribution in [0.15, 0.2) is 54.6 Å². The van der Waals surface area contributed by atoms with Gasteiger partial charge in [-0.3, -0.25) is 0 Å². The summed E-state index contributed by atoms with van der Waals surface area (Å²) in [7, 11) is 0. The topological polar surface area (TPSA) is 49.4 Å². The van der Waals surface area contributed by atoms with E-state index in [9.17, 15) is 9.90 Å². The standard InChI is InChI=1S/C29H30O3/c1-18-6-4-7-19(2)28(18)24-9-5-8-21(20(24)3)17-32-23-10-11-25-22(14-23)16-29(12-13-29)26(25)15-27(30)31/h4-11,14,26H,12-13,15-17H2,1-3H3,(H,30,31)/p-1. The van der Waals surface area contributed by atoms with E-state index in [0.29, 0.717) is 6.61 Å². The van der Waals surface area contributed by atoms with Crippen molar-refractivity contribution < 1.29 is 14.6 Å². The lowest BCUT2D eigenvalue weighted by Crippen LogP contribution is -2.26. The van der Waals surface area contributed by atoms with Crippen LogP contribution >= 0.6 is 0 Å². The average molecular weight is 426 g/mol. The predicted octanol–water partition coefficient (Wildman–Crippen LogP) is 5.42. The van der Waals surface area contributed by atoms with Crippen molar-refractivity contribution in [3.63, 3.8) is 0 Å². The molecule has 1 spiro atoms. The van der Waals surface area contributed by atoms with Crippen LogP contribution in [0.2, 0.25) is 0 Å². The smallest absolute Gasteiger partial charge is 0.120 e. The molecular formula is C29H29O3-. The second-order valence-electron chi connectivity index (χ2n) is 9.67. The van der Waals surface area contributed by atoms with Crippen molar-refractivity contribution in [2.75, 3.05) is 0 Å². The summed E-state index contributed by atoms with van der Waals surface area (Å²) in [6.07, 6.45) is 3.30. The molecule has 32 heavy (non-hydrogen) atoms. The van der Waals surface area contributed by atoms with Crippen LogP contribution < -0.4 is 9.84 Å². The van der Waals surface area contributed by atoms with E-state index in [2.05, 4.69) is 69.3 Å². The van der Waals surface area contributed by atoms with Crippen molar-refractivity contribution in [2.45, 2.75) is 59.0 Å². The minimum Gasteiger partial charge on any atom is -0.550 e. The van der Waals surface area contributed by atoms with Gasteiger partial charge in [0.1, 0.15) is 12.4 Å². The third-order valence-corrected chi connectivity index (χ3v) is 7.63. The van der Waals surface area contributed by atoms with Crippen LogP contribution in [0.5, 0.6) is 5.75 Å². The number of ether oxygens (including phenoxy) is 1. The van der Waals surface area contributed by atoms with Crippen LogP contribution in [-0.2, 0) is 17.8 Å². The molecule has 1 unspecified atom stereocenters. The van der Waals surface area contributed by atoms with Gasteiger partial charge in [0, 0.05) is 5.97 Å². The Bertz CT molecular complexity index is 1180. The van der Waals surface area contributed by atoms with Gasteiger partial charge in [-0.1, -0.05) is 42.5 Å². The molecule has 3 nitrogen and oxygen atoms in total. The van der Waals surface area contributed by atoms with Crippen LogP contribution in [0.25, 0.3) is 11.1 Å². The van der Waals surface area contributed by atoms with Gasteiger partial charge in [0.2, 0.25) is 0 Å². The quantitative estimate of drug-likeness (QED) is 0.530. The number of carbonyl (C=O) groups is 1. The molecule has 2 aliphatic rings. The first kappa shape index (κ1) is 20.8. The number of aryl methyl sites for hydroxylation is 2. The van der Waals surface area contributed by atoms with E-state index in [4.69, 9.17) is 4.74 Å². The van der Waals surface area contributed by atoms with Crippen LogP contribution in [0, 0.1) is 26.2 Å². The molecule has 5 rings (SSSR count). The Morgan fingerprint density at radius 2 is 1.75 bits per heavy atom. The predicted molar refractivity (Wildman–Crippen MR) is 125 cm³/mol. The van der Waals surface area contributed by atoms with Crippen LogP contribution in [-0.4, -0.2) is 5.97 Å². The molecule has 0 amide bonds. The molecule has 1 atom stereocenters. The van der Waals surface area contributed by atoms with Gasteiger partial charge < -0.3 is 14.6 Å². The van der Waals surface area contributed by atoms with E-state index in [1.54, 1.807) is 0 Å². The number of hydrogen-bond acceptors (Lipinski definition) is 3. The molecule has 2 aliphatic carbocycles. The SMILES string of the molecule is Cc1cccc(C)c1-c1cccc(COc2ccc3c(c2)CC2(CC2)C3CC(=O)[O-])c1C. The summed E-state index contributed by atoms with van der Waals surface area (Å²) >= 11 is 0. The number of carboxylic acid groups (broad SMARTS) is 1. The highest BCUT2D eigenvalue weighted by atomic mass is 16.5. The van der Waals surface area contributed by atoms with E-state index in [1.807, 2.05) is 6.07 Å². The van der Waals surface area contributed by atoms with E-state index in [1.165, 1.54) is 44.5 Å². The highest BCUT2D eigenvalue weighted by Gasteiger charge is 2.54. The fourth-order valence-electron chi connectivity index (χ4n) is 5.69. The molecule has 164 valence electrons. The van der Waals surface area contributed by atoms with Gasteiger partial charge in [-0.05, 0) is 114 Å². The minimum atomic E-state index is -0.950. The number of carboxylic acids is 1. The summed E-state index contributed by atoms with van der Waals surface area (Å²) < 4.78 is 6.23. The van der Waals surface area contributed by atoms with Crippen molar-refractivity contribution in [1.82, 2.24) is 0 Å². The molecule has 3 aromatic rings. The Hall–Kier alpha value is -3.07. The zero-order chi connectivity index (χ0) is 22.5. The Balaban J connectivity index is 1.37. The summed E-state index contributed by atoms with van der Waals surface area (Å²) in [5.74, 6) is -0.00736. The second kappa shape index (κ2) is 7.81. The molecule has 0 aliphatic heterocycles. The third-order valence-electron chi connectivity index (χ3n) is 7.63. The lowest BCUT2D eigenvalue weighted by atomic mass is 9.87. The van der Waals surface area contributed by atoms with Gasteiger partial charge >= 0.3 is 0 Å². The summed E-state index contributed by atoms with van der Waals surface area (Å²) in [6.45, 7) is 7.01. The number of hydrogen-bond donors (Lipinski definition) is 0. The third kappa shape index (κ3) is 3.60. The minimum absolute atomic E-state index is 0.0906. The van der Waals surface area contributed by atoms with Crippen molar-refractivity contribution in [3.8, 4) is 16.9 Å². The summed E-state index contributed by atoms with van der Waals surface area (Å²) in [5.41, 5.74) is 10.1. The van der Waals surface area contributed by atoms with Crippen LogP contribution in [0.3, 0.4) is 0 Å². The maximum Gasteiger partial charge on any atom is 0.120 e. The first-order valence-electron chi connectivity index (χ1n) is 11.5. The Morgan fingerprint density at radius 1 is 1.03 bits per heavy atom. The van der Waals surface area contributed by atoms with Crippen molar-refractivity contribution in [1.29, 1.82) is 0 Å². The summed E-state index contributed by atoms with van der Waals surface area (Å²) in [6, 6.07) is 19.1. The normalized spacial score (nSPS) is 17.9. The Labute approximate surface area is 190 Å². The first-order chi connectivity index (χ1) is 15.4. The van der Waals surface area contributed by atoms with Gasteiger partial charge in [-0.15, -0.1) is 0 Å². The number of fused-ring (bicyclic) bond motifs is 1. The molecule has 0 N–H and O–H groups in total. The molecule has 1 fully saturated rings. The van der Waals surface area contributed by atoms with Gasteiger partial charge in [-0.2, -0.15) is 0 Å². The molecular weight excluding hydrogens is 396 g/mol. The largest absolute Gasteiger partial charge is 0.550 e. The molecule has 0 radical (unpaired) electrons. The highest BCUT2D eigenvalue weighted by molar-refractivity contribution is 5.74. The lowest BCUT2D eigenvalue weighted by Gasteiger charge is -2.20. The monoisotopic (exact) mass is 425 g/mol. The van der Waals surface area contributed by atoms with Crippen molar-refractivity contribution in [3.05, 3.63) is 88.0 Å². The number of carbonyl (C=O) groups excluding carboxylic acids is 1. The number of rotatable bonds is 6.